The molecule has 106 valence electrons. The molecule has 0 unspecified atom stereocenters. The predicted molar refractivity (Wildman–Crippen MR) is 75.9 cm³/mol. The molecule has 1 aliphatic heterocycles. The second kappa shape index (κ2) is 5.90. The average molecular weight is 273 g/mol. The number of morpholine rings is 1. The molecule has 20 heavy (non-hydrogen) atoms. The first-order chi connectivity index (χ1) is 9.56. The highest BCUT2D eigenvalue weighted by atomic mass is 16.6. The summed E-state index contributed by atoms with van der Waals surface area (Å²) >= 11 is 0. The monoisotopic (exact) mass is 273 g/mol. The van der Waals surface area contributed by atoms with Crippen LogP contribution in [0.3, 0.4) is 0 Å². The number of carbonyl (C=O) groups is 2. The Morgan fingerprint density at radius 1 is 1.35 bits per heavy atom. The number of hydrogen-bond donors (Lipinski definition) is 0. The zero-order valence-electron chi connectivity index (χ0n) is 11.8. The van der Waals surface area contributed by atoms with Crippen molar-refractivity contribution in [3.63, 3.8) is 0 Å². The average Bonchev–Trinajstić information content (AvgIpc) is 2.45. The van der Waals surface area contributed by atoms with Crippen molar-refractivity contribution in [3.8, 4) is 0 Å². The Hall–Kier alpha value is -2.10. The fourth-order valence-electron chi connectivity index (χ4n) is 2.50. The topological polar surface area (TPSA) is 46.6 Å². The first kappa shape index (κ1) is 14.3. The zero-order valence-corrected chi connectivity index (χ0v) is 11.8. The summed E-state index contributed by atoms with van der Waals surface area (Å²) in [6.07, 6.45) is 1.31. The van der Waals surface area contributed by atoms with Crippen LogP contribution in [0.25, 0.3) is 0 Å². The van der Waals surface area contributed by atoms with Crippen LogP contribution in [-0.2, 0) is 14.3 Å². The highest BCUT2D eigenvalue weighted by molar-refractivity contribution is 5.92. The fraction of sp³-hybridized carbons (Fsp3) is 0.375. The summed E-state index contributed by atoms with van der Waals surface area (Å²) < 4.78 is 5.10. The van der Waals surface area contributed by atoms with Crippen molar-refractivity contribution >= 4 is 11.9 Å². The van der Waals surface area contributed by atoms with E-state index in [0.29, 0.717) is 6.42 Å². The number of ether oxygens (including phenoxy) is 1. The van der Waals surface area contributed by atoms with Gasteiger partial charge in [-0.05, 0) is 25.8 Å². The van der Waals surface area contributed by atoms with Gasteiger partial charge in [0.2, 0.25) is 0 Å². The van der Waals surface area contributed by atoms with Crippen LogP contribution >= 0.6 is 0 Å². The largest absolute Gasteiger partial charge is 0.451 e. The summed E-state index contributed by atoms with van der Waals surface area (Å²) in [6, 6.07) is 8.90. The van der Waals surface area contributed by atoms with E-state index in [1.165, 1.54) is 0 Å². The number of rotatable bonds is 4. The number of cyclic esters (lactones) is 1. The Morgan fingerprint density at radius 2 is 2.00 bits per heavy atom. The van der Waals surface area contributed by atoms with Crippen molar-refractivity contribution in [2.45, 2.75) is 38.5 Å². The Balaban J connectivity index is 2.34. The summed E-state index contributed by atoms with van der Waals surface area (Å²) in [6.45, 7) is 7.19. The Kier molecular flexibility index (Phi) is 4.23. The number of hydrogen-bond acceptors (Lipinski definition) is 3. The lowest BCUT2D eigenvalue weighted by atomic mass is 10.0. The molecule has 0 bridgehead atoms. The van der Waals surface area contributed by atoms with Crippen LogP contribution in [0.2, 0.25) is 0 Å². The van der Waals surface area contributed by atoms with E-state index < -0.39 is 12.1 Å². The zero-order chi connectivity index (χ0) is 14.7. The van der Waals surface area contributed by atoms with Crippen LogP contribution in [-0.4, -0.2) is 28.9 Å². The molecule has 0 radical (unpaired) electrons. The molecule has 1 amide bonds. The quantitative estimate of drug-likeness (QED) is 0.625. The van der Waals surface area contributed by atoms with E-state index in [1.54, 1.807) is 17.9 Å². The summed E-state index contributed by atoms with van der Waals surface area (Å²) in [5.41, 5.74) is 0.997. The van der Waals surface area contributed by atoms with Crippen molar-refractivity contribution in [2.75, 3.05) is 0 Å². The fourth-order valence-corrected chi connectivity index (χ4v) is 2.50. The second-order valence-electron chi connectivity index (χ2n) is 4.95. The predicted octanol–water partition coefficient (Wildman–Crippen LogP) is 2.47. The first-order valence-corrected chi connectivity index (χ1v) is 6.74. The van der Waals surface area contributed by atoms with E-state index >= 15 is 0 Å². The van der Waals surface area contributed by atoms with Gasteiger partial charge >= 0.3 is 5.97 Å². The van der Waals surface area contributed by atoms with Gasteiger partial charge in [-0.3, -0.25) is 4.79 Å². The Morgan fingerprint density at radius 3 is 2.60 bits per heavy atom. The lowest BCUT2D eigenvalue weighted by Crippen LogP contribution is -2.56. The van der Waals surface area contributed by atoms with Gasteiger partial charge in [0, 0.05) is 0 Å². The third-order valence-corrected chi connectivity index (χ3v) is 3.59. The molecule has 1 saturated heterocycles. The number of nitrogens with zero attached hydrogens (tertiary/aromatic N) is 1. The normalized spacial score (nSPS) is 24.2. The van der Waals surface area contributed by atoms with Gasteiger partial charge in [-0.15, -0.1) is 6.58 Å². The molecule has 3 atom stereocenters. The molecule has 0 spiro atoms. The summed E-state index contributed by atoms with van der Waals surface area (Å²) in [7, 11) is 0. The van der Waals surface area contributed by atoms with Crippen molar-refractivity contribution in [3.05, 3.63) is 48.6 Å². The maximum atomic E-state index is 12.4. The molecular formula is C16H19NO3. The molecule has 1 fully saturated rings. The minimum absolute atomic E-state index is 0.159. The minimum Gasteiger partial charge on any atom is -0.451 e. The van der Waals surface area contributed by atoms with Gasteiger partial charge < -0.3 is 9.64 Å². The lowest BCUT2D eigenvalue weighted by Gasteiger charge is -2.40. The molecule has 0 N–H and O–H groups in total. The van der Waals surface area contributed by atoms with E-state index in [4.69, 9.17) is 4.74 Å². The van der Waals surface area contributed by atoms with Gasteiger partial charge in [0.05, 0.1) is 6.04 Å². The molecule has 0 aromatic heterocycles. The highest BCUT2D eigenvalue weighted by Crippen LogP contribution is 2.28. The molecule has 2 rings (SSSR count). The molecule has 1 aromatic rings. The van der Waals surface area contributed by atoms with Crippen molar-refractivity contribution in [1.82, 2.24) is 4.90 Å². The smallest absolute Gasteiger partial charge is 0.329 e. The van der Waals surface area contributed by atoms with Gasteiger partial charge in [0.25, 0.3) is 5.91 Å². The van der Waals surface area contributed by atoms with Crippen LogP contribution in [0.4, 0.5) is 0 Å². The number of esters is 1. The molecule has 0 saturated carbocycles. The maximum absolute atomic E-state index is 12.4. The minimum atomic E-state index is -0.727. The van der Waals surface area contributed by atoms with Crippen LogP contribution in [0.1, 0.15) is 31.9 Å². The van der Waals surface area contributed by atoms with E-state index in [-0.39, 0.29) is 17.9 Å². The van der Waals surface area contributed by atoms with Crippen LogP contribution in [0.5, 0.6) is 0 Å². The third kappa shape index (κ3) is 2.59. The van der Waals surface area contributed by atoms with E-state index in [0.717, 1.165) is 5.56 Å². The number of carbonyl (C=O) groups excluding carboxylic acids is 2. The molecule has 4 nitrogen and oxygen atoms in total. The third-order valence-electron chi connectivity index (χ3n) is 3.59. The summed E-state index contributed by atoms with van der Waals surface area (Å²) in [5, 5.41) is 0. The molecule has 1 heterocycles. The van der Waals surface area contributed by atoms with Crippen LogP contribution < -0.4 is 0 Å². The molecule has 1 aromatic carbocycles. The highest BCUT2D eigenvalue weighted by Gasteiger charge is 2.42. The van der Waals surface area contributed by atoms with E-state index in [1.807, 2.05) is 37.3 Å². The van der Waals surface area contributed by atoms with Crippen LogP contribution in [0.15, 0.2) is 43.0 Å². The second-order valence-corrected chi connectivity index (χ2v) is 4.95. The summed E-state index contributed by atoms with van der Waals surface area (Å²) in [5.74, 6) is -0.521. The van der Waals surface area contributed by atoms with Crippen LogP contribution in [0, 0.1) is 0 Å². The standard InChI is InChI=1S/C16H19NO3/c1-4-8-14-16(19)20-12(3)15(18)17(14)11(2)13-9-6-5-7-10-13/h4-7,9-12,14H,1,8H2,2-3H3/t11-,12-,14+/m0/s1. The van der Waals surface area contributed by atoms with Gasteiger partial charge in [-0.25, -0.2) is 4.79 Å². The lowest BCUT2D eigenvalue weighted by molar-refractivity contribution is -0.179. The van der Waals surface area contributed by atoms with Crippen molar-refractivity contribution < 1.29 is 14.3 Å². The summed E-state index contributed by atoms with van der Waals surface area (Å²) in [4.78, 5) is 26.0. The van der Waals surface area contributed by atoms with Gasteiger partial charge in [0.15, 0.2) is 6.10 Å². The van der Waals surface area contributed by atoms with E-state index in [9.17, 15) is 9.59 Å². The maximum Gasteiger partial charge on any atom is 0.329 e. The van der Waals surface area contributed by atoms with Gasteiger partial charge in [-0.1, -0.05) is 36.4 Å². The molecule has 1 aliphatic rings. The van der Waals surface area contributed by atoms with Crippen molar-refractivity contribution in [2.24, 2.45) is 0 Å². The molecule has 0 aliphatic carbocycles. The first-order valence-electron chi connectivity index (χ1n) is 6.74. The van der Waals surface area contributed by atoms with Gasteiger partial charge in [0.1, 0.15) is 6.04 Å². The Labute approximate surface area is 119 Å². The molecule has 4 heteroatoms. The Bertz CT molecular complexity index is 512. The molecular weight excluding hydrogens is 254 g/mol. The SMILES string of the molecule is C=CC[C@@H]1C(=O)O[C@@H](C)C(=O)N1[C@@H](C)c1ccccc1. The van der Waals surface area contributed by atoms with Crippen molar-refractivity contribution in [1.29, 1.82) is 0 Å². The van der Waals surface area contributed by atoms with Gasteiger partial charge in [-0.2, -0.15) is 0 Å². The number of benzene rings is 1. The van der Waals surface area contributed by atoms with E-state index in [2.05, 4.69) is 6.58 Å². The number of amides is 1.